The lowest BCUT2D eigenvalue weighted by Gasteiger charge is -2.24. The Morgan fingerprint density at radius 3 is 2.23 bits per heavy atom. The number of thiophene rings is 1. The Bertz CT molecular complexity index is 1460. The fourth-order valence-electron chi connectivity index (χ4n) is 4.22. The van der Waals surface area contributed by atoms with Crippen molar-refractivity contribution in [3.63, 3.8) is 0 Å². The topological polar surface area (TPSA) is 47.5 Å². The van der Waals surface area contributed by atoms with Gasteiger partial charge in [0.2, 0.25) is 6.79 Å². The van der Waals surface area contributed by atoms with Crippen LogP contribution in [0.1, 0.15) is 5.56 Å². The number of hydrogen-bond donors (Lipinski definition) is 0. The Morgan fingerprint density at radius 2 is 1.49 bits per heavy atom. The lowest BCUT2D eigenvalue weighted by molar-refractivity contribution is 0.0797. The molecular formula is C29H23N3O2S. The van der Waals surface area contributed by atoms with Gasteiger partial charge in [0, 0.05) is 11.4 Å². The molecule has 0 unspecified atom stereocenters. The van der Waals surface area contributed by atoms with Crippen molar-refractivity contribution in [3.8, 4) is 21.6 Å². The first-order chi connectivity index (χ1) is 17.3. The van der Waals surface area contributed by atoms with Gasteiger partial charge in [0.05, 0.1) is 16.8 Å². The molecule has 6 rings (SSSR count). The molecule has 2 aromatic heterocycles. The third-order valence-electron chi connectivity index (χ3n) is 5.96. The molecule has 0 fully saturated rings. The van der Waals surface area contributed by atoms with E-state index in [-0.39, 0.29) is 6.79 Å². The standard InChI is InChI=1S/C29H23N3O2S/c1-3-7-21(8-4-1)16-32(17-25-18-33-20-34-25)29-28-26(30-19-31-29)15-27(35-28)24-13-11-23(12-14-24)22-9-5-2-6-10-22/h1-15,18-19H,16-17,20H2. The Balaban J connectivity index is 1.35. The number of fused-ring (bicyclic) bond motifs is 1. The molecule has 0 saturated carbocycles. The molecule has 0 amide bonds. The summed E-state index contributed by atoms with van der Waals surface area (Å²) in [5, 5.41) is 0. The number of rotatable bonds is 7. The van der Waals surface area contributed by atoms with Gasteiger partial charge in [-0.15, -0.1) is 11.3 Å². The summed E-state index contributed by atoms with van der Waals surface area (Å²) in [5.41, 5.74) is 5.73. The number of nitrogens with zero attached hydrogens (tertiary/aromatic N) is 3. The van der Waals surface area contributed by atoms with E-state index in [4.69, 9.17) is 14.5 Å². The summed E-state index contributed by atoms with van der Waals surface area (Å²) >= 11 is 1.72. The summed E-state index contributed by atoms with van der Waals surface area (Å²) in [6, 6.07) is 31.7. The van der Waals surface area contributed by atoms with Crippen LogP contribution in [0.4, 0.5) is 5.82 Å². The van der Waals surface area contributed by atoms with Crippen molar-refractivity contribution >= 4 is 27.4 Å². The van der Waals surface area contributed by atoms with E-state index in [2.05, 4.69) is 88.7 Å². The fourth-order valence-corrected chi connectivity index (χ4v) is 5.35. The van der Waals surface area contributed by atoms with Crippen LogP contribution in [0.5, 0.6) is 0 Å². The van der Waals surface area contributed by atoms with Gasteiger partial charge in [0.15, 0.2) is 11.6 Å². The monoisotopic (exact) mass is 477 g/mol. The van der Waals surface area contributed by atoms with Crippen LogP contribution in [0.2, 0.25) is 0 Å². The lowest BCUT2D eigenvalue weighted by atomic mass is 10.0. The van der Waals surface area contributed by atoms with Gasteiger partial charge in [-0.1, -0.05) is 84.9 Å². The third-order valence-corrected chi connectivity index (χ3v) is 7.13. The molecule has 0 saturated heterocycles. The first-order valence-corrected chi connectivity index (χ1v) is 12.3. The molecule has 6 heteroatoms. The first-order valence-electron chi connectivity index (χ1n) is 11.5. The minimum atomic E-state index is 0.260. The van der Waals surface area contributed by atoms with Crippen molar-refractivity contribution in [3.05, 3.63) is 115 Å². The highest BCUT2D eigenvalue weighted by molar-refractivity contribution is 7.22. The Labute approximate surface area is 207 Å². The number of hydrogen-bond acceptors (Lipinski definition) is 6. The van der Waals surface area contributed by atoms with Gasteiger partial charge in [0.1, 0.15) is 12.6 Å². The minimum absolute atomic E-state index is 0.260. The SMILES string of the molecule is C1=C(CN(Cc2ccccc2)c2ncnc3cc(-c4ccc(-c5ccccc5)cc4)sc23)OCO1. The molecule has 3 heterocycles. The van der Waals surface area contributed by atoms with Crippen LogP contribution in [-0.2, 0) is 16.0 Å². The van der Waals surface area contributed by atoms with E-state index in [9.17, 15) is 0 Å². The van der Waals surface area contributed by atoms with Crippen molar-refractivity contribution in [1.82, 2.24) is 9.97 Å². The third kappa shape index (κ3) is 4.61. The highest BCUT2D eigenvalue weighted by atomic mass is 32.1. The van der Waals surface area contributed by atoms with E-state index in [0.29, 0.717) is 13.1 Å². The van der Waals surface area contributed by atoms with Crippen LogP contribution >= 0.6 is 11.3 Å². The average molecular weight is 478 g/mol. The Kier molecular flexibility index (Phi) is 5.87. The molecule has 3 aromatic carbocycles. The molecule has 0 spiro atoms. The van der Waals surface area contributed by atoms with Crippen molar-refractivity contribution < 1.29 is 9.47 Å². The predicted octanol–water partition coefficient (Wildman–Crippen LogP) is 6.88. The largest absolute Gasteiger partial charge is 0.462 e. The highest BCUT2D eigenvalue weighted by Crippen LogP contribution is 2.38. The smallest absolute Gasteiger partial charge is 0.229 e. The molecule has 0 N–H and O–H groups in total. The van der Waals surface area contributed by atoms with E-state index in [1.54, 1.807) is 23.9 Å². The molecule has 0 bridgehead atoms. The minimum Gasteiger partial charge on any atom is -0.462 e. The summed E-state index contributed by atoms with van der Waals surface area (Å²) in [5.74, 6) is 1.69. The zero-order chi connectivity index (χ0) is 23.5. The number of aromatic nitrogens is 2. The van der Waals surface area contributed by atoms with E-state index in [1.165, 1.54) is 27.1 Å². The maximum atomic E-state index is 5.63. The predicted molar refractivity (Wildman–Crippen MR) is 141 cm³/mol. The van der Waals surface area contributed by atoms with Gasteiger partial charge < -0.3 is 14.4 Å². The quantitative estimate of drug-likeness (QED) is 0.256. The normalized spacial score (nSPS) is 12.7. The molecule has 172 valence electrons. The van der Waals surface area contributed by atoms with E-state index in [1.807, 2.05) is 12.1 Å². The van der Waals surface area contributed by atoms with Gasteiger partial charge in [0.25, 0.3) is 0 Å². The summed E-state index contributed by atoms with van der Waals surface area (Å²) in [6.45, 7) is 1.53. The molecule has 5 aromatic rings. The second kappa shape index (κ2) is 9.60. The van der Waals surface area contributed by atoms with Crippen molar-refractivity contribution in [2.24, 2.45) is 0 Å². The van der Waals surface area contributed by atoms with E-state index >= 15 is 0 Å². The summed E-state index contributed by atoms with van der Waals surface area (Å²) in [4.78, 5) is 12.7. The number of benzene rings is 3. The first kappa shape index (κ1) is 21.4. The molecule has 0 atom stereocenters. The molecule has 5 nitrogen and oxygen atoms in total. The molecule has 0 radical (unpaired) electrons. The highest BCUT2D eigenvalue weighted by Gasteiger charge is 2.20. The zero-order valence-electron chi connectivity index (χ0n) is 19.0. The van der Waals surface area contributed by atoms with Crippen molar-refractivity contribution in [2.75, 3.05) is 18.2 Å². The lowest BCUT2D eigenvalue weighted by Crippen LogP contribution is -2.26. The van der Waals surface area contributed by atoms with Crippen LogP contribution < -0.4 is 4.90 Å². The van der Waals surface area contributed by atoms with Gasteiger partial charge in [-0.2, -0.15) is 0 Å². The van der Waals surface area contributed by atoms with Crippen LogP contribution in [0.15, 0.2) is 109 Å². The van der Waals surface area contributed by atoms with Crippen molar-refractivity contribution in [2.45, 2.75) is 6.54 Å². The molecular weight excluding hydrogens is 454 g/mol. The maximum Gasteiger partial charge on any atom is 0.229 e. The van der Waals surface area contributed by atoms with Gasteiger partial charge in [-0.05, 0) is 28.3 Å². The van der Waals surface area contributed by atoms with E-state index < -0.39 is 0 Å². The van der Waals surface area contributed by atoms with Crippen molar-refractivity contribution in [1.29, 1.82) is 0 Å². The molecule has 0 aliphatic carbocycles. The van der Waals surface area contributed by atoms with E-state index in [0.717, 1.165) is 21.8 Å². The average Bonchev–Trinajstić information content (AvgIpc) is 3.59. The van der Waals surface area contributed by atoms with Crippen LogP contribution in [0.25, 0.3) is 31.8 Å². The zero-order valence-corrected chi connectivity index (χ0v) is 19.8. The van der Waals surface area contributed by atoms with Gasteiger partial charge in [-0.25, -0.2) is 9.97 Å². The van der Waals surface area contributed by atoms with Crippen LogP contribution in [0.3, 0.4) is 0 Å². The number of ether oxygens (including phenoxy) is 2. The second-order valence-electron chi connectivity index (χ2n) is 8.32. The van der Waals surface area contributed by atoms with Crippen LogP contribution in [0, 0.1) is 0 Å². The second-order valence-corrected chi connectivity index (χ2v) is 9.37. The maximum absolute atomic E-state index is 5.63. The van der Waals surface area contributed by atoms with Gasteiger partial charge >= 0.3 is 0 Å². The molecule has 35 heavy (non-hydrogen) atoms. The Hall–Kier alpha value is -4.16. The summed E-state index contributed by atoms with van der Waals surface area (Å²) in [6.07, 6.45) is 3.33. The number of anilines is 1. The Morgan fingerprint density at radius 1 is 0.771 bits per heavy atom. The van der Waals surface area contributed by atoms with Gasteiger partial charge in [-0.3, -0.25) is 0 Å². The summed E-state index contributed by atoms with van der Waals surface area (Å²) < 4.78 is 12.0. The summed E-state index contributed by atoms with van der Waals surface area (Å²) in [7, 11) is 0. The van der Waals surface area contributed by atoms with Crippen LogP contribution in [-0.4, -0.2) is 23.3 Å². The molecule has 1 aliphatic heterocycles. The fraction of sp³-hybridized carbons (Fsp3) is 0.103. The molecule has 1 aliphatic rings.